The van der Waals surface area contributed by atoms with Crippen molar-refractivity contribution < 1.29 is 19.1 Å². The zero-order valence-corrected chi connectivity index (χ0v) is 15.5. The van der Waals surface area contributed by atoms with Crippen molar-refractivity contribution in [1.29, 1.82) is 0 Å². The van der Waals surface area contributed by atoms with Gasteiger partial charge in [0.1, 0.15) is 0 Å². The Labute approximate surface area is 153 Å². The monoisotopic (exact) mass is 359 g/mol. The van der Waals surface area contributed by atoms with E-state index in [4.69, 9.17) is 9.47 Å². The van der Waals surface area contributed by atoms with Crippen molar-refractivity contribution in [2.24, 2.45) is 5.92 Å². The number of ether oxygens (including phenoxy) is 2. The maximum absolute atomic E-state index is 12.4. The average Bonchev–Trinajstić information content (AvgIpc) is 2.96. The van der Waals surface area contributed by atoms with Crippen LogP contribution in [0.1, 0.15) is 5.56 Å². The lowest BCUT2D eigenvalue weighted by Crippen LogP contribution is -2.48. The zero-order chi connectivity index (χ0) is 18.7. The minimum Gasteiger partial charge on any atom is -0.427 e. The van der Waals surface area contributed by atoms with Gasteiger partial charge in [-0.15, -0.1) is 0 Å². The third-order valence-electron chi connectivity index (χ3n) is 4.60. The highest BCUT2D eigenvalue weighted by Gasteiger charge is 2.31. The number of aromatic nitrogens is 1. The van der Waals surface area contributed by atoms with Crippen LogP contribution in [0.15, 0.2) is 30.5 Å². The van der Waals surface area contributed by atoms with Gasteiger partial charge in [0.15, 0.2) is 0 Å². The number of esters is 1. The average molecular weight is 359 g/mol. The molecule has 26 heavy (non-hydrogen) atoms. The van der Waals surface area contributed by atoms with Crippen LogP contribution in [0.3, 0.4) is 0 Å². The number of likely N-dealkylation sites (tertiary alicyclic amines) is 1. The fraction of sp³-hybridized carbons (Fsp3) is 0.474. The molecule has 0 aliphatic carbocycles. The minimum atomic E-state index is -0.546. The predicted octanol–water partition coefficient (Wildman–Crippen LogP) is 1.79. The first-order valence-corrected chi connectivity index (χ1v) is 8.71. The van der Waals surface area contributed by atoms with E-state index in [2.05, 4.69) is 4.90 Å². The maximum atomic E-state index is 12.4. The highest BCUT2D eigenvalue weighted by Crippen LogP contribution is 2.22. The Morgan fingerprint density at radius 3 is 2.62 bits per heavy atom. The van der Waals surface area contributed by atoms with E-state index < -0.39 is 6.09 Å². The van der Waals surface area contributed by atoms with Crippen LogP contribution in [0.2, 0.25) is 0 Å². The second kappa shape index (κ2) is 7.88. The molecule has 1 aliphatic heterocycles. The van der Waals surface area contributed by atoms with E-state index in [1.165, 1.54) is 4.57 Å². The summed E-state index contributed by atoms with van der Waals surface area (Å²) in [5.41, 5.74) is 1.87. The number of nitrogens with zero attached hydrogens (tertiary/aromatic N) is 3. The van der Waals surface area contributed by atoms with Crippen LogP contribution in [0, 0.1) is 5.92 Å². The van der Waals surface area contributed by atoms with Crippen molar-refractivity contribution in [2.45, 2.75) is 6.42 Å². The molecule has 2 aromatic rings. The molecule has 0 saturated carbocycles. The van der Waals surface area contributed by atoms with E-state index in [1.54, 1.807) is 6.20 Å². The highest BCUT2D eigenvalue weighted by atomic mass is 16.7. The van der Waals surface area contributed by atoms with Crippen molar-refractivity contribution >= 4 is 23.0 Å². The summed E-state index contributed by atoms with van der Waals surface area (Å²) in [6.45, 7) is 1.89. The quantitative estimate of drug-likeness (QED) is 0.579. The minimum absolute atomic E-state index is 0.122. The fourth-order valence-electron chi connectivity index (χ4n) is 3.12. The smallest absolute Gasteiger partial charge is 0.421 e. The predicted molar refractivity (Wildman–Crippen MR) is 98.0 cm³/mol. The van der Waals surface area contributed by atoms with Crippen LogP contribution in [-0.2, 0) is 20.7 Å². The molecule has 1 fully saturated rings. The summed E-state index contributed by atoms with van der Waals surface area (Å²) in [6, 6.07) is 7.72. The molecule has 0 unspecified atom stereocenters. The van der Waals surface area contributed by atoms with Gasteiger partial charge in [-0.2, -0.15) is 0 Å². The number of benzene rings is 1. The molecule has 3 rings (SSSR count). The van der Waals surface area contributed by atoms with Crippen molar-refractivity contribution in [1.82, 2.24) is 14.4 Å². The zero-order valence-electron chi connectivity index (χ0n) is 15.5. The topological polar surface area (TPSA) is 64.0 Å². The van der Waals surface area contributed by atoms with Gasteiger partial charge in [0, 0.05) is 31.2 Å². The van der Waals surface area contributed by atoms with Crippen LogP contribution in [0.25, 0.3) is 10.9 Å². The van der Waals surface area contributed by atoms with E-state index in [1.807, 2.05) is 50.3 Å². The summed E-state index contributed by atoms with van der Waals surface area (Å²) in [4.78, 5) is 28.4. The molecule has 0 atom stereocenters. The number of carbonyl (C=O) groups is 2. The molecule has 2 heterocycles. The first-order valence-electron chi connectivity index (χ1n) is 8.71. The van der Waals surface area contributed by atoms with E-state index >= 15 is 0 Å². The van der Waals surface area contributed by atoms with Crippen molar-refractivity contribution in [3.63, 3.8) is 0 Å². The molecular formula is C19H25N3O4. The van der Waals surface area contributed by atoms with E-state index in [0.29, 0.717) is 13.1 Å². The first-order chi connectivity index (χ1) is 12.5. The normalized spacial score (nSPS) is 15.2. The van der Waals surface area contributed by atoms with Gasteiger partial charge in [-0.25, -0.2) is 4.79 Å². The maximum Gasteiger partial charge on any atom is 0.421 e. The largest absolute Gasteiger partial charge is 0.427 e. The Kier molecular flexibility index (Phi) is 5.58. The van der Waals surface area contributed by atoms with Crippen LogP contribution in [0.5, 0.6) is 0 Å². The molecule has 1 saturated heterocycles. The lowest BCUT2D eigenvalue weighted by Gasteiger charge is -2.33. The first kappa shape index (κ1) is 18.4. The Bertz CT molecular complexity index is 793. The molecule has 1 aliphatic rings. The second-order valence-corrected chi connectivity index (χ2v) is 7.00. The molecule has 140 valence electrons. The standard InChI is InChI=1S/C19H25N3O4/c1-20(2)9-8-14-12-22(17-7-5-4-6-16(14)17)19(24)26-13-25-18(23)15-10-21(3)11-15/h4-7,12,15H,8-11,13H2,1-3H3. The number of rotatable bonds is 6. The van der Waals surface area contributed by atoms with Gasteiger partial charge in [0.05, 0.1) is 11.4 Å². The van der Waals surface area contributed by atoms with Gasteiger partial charge >= 0.3 is 12.1 Å². The molecule has 7 heteroatoms. The van der Waals surface area contributed by atoms with E-state index in [9.17, 15) is 9.59 Å². The summed E-state index contributed by atoms with van der Waals surface area (Å²) in [5, 5.41) is 1.03. The highest BCUT2D eigenvalue weighted by molar-refractivity contribution is 5.92. The van der Waals surface area contributed by atoms with Crippen molar-refractivity contribution in [3.8, 4) is 0 Å². The molecule has 0 spiro atoms. The van der Waals surface area contributed by atoms with Gasteiger partial charge in [-0.1, -0.05) is 18.2 Å². The number of hydrogen-bond donors (Lipinski definition) is 0. The number of fused-ring (bicyclic) bond motifs is 1. The Morgan fingerprint density at radius 2 is 1.92 bits per heavy atom. The molecule has 0 N–H and O–H groups in total. The SMILES string of the molecule is CN(C)CCc1cn(C(=O)OCOC(=O)C2CN(C)C2)c2ccccc12. The molecule has 0 radical (unpaired) electrons. The second-order valence-electron chi connectivity index (χ2n) is 7.00. The summed E-state index contributed by atoms with van der Waals surface area (Å²) in [6.07, 6.45) is 2.09. The molecule has 1 aromatic heterocycles. The third kappa shape index (κ3) is 4.05. The Hall–Kier alpha value is -2.38. The lowest BCUT2D eigenvalue weighted by molar-refractivity contribution is -0.162. The Balaban J connectivity index is 1.63. The van der Waals surface area contributed by atoms with Crippen LogP contribution in [-0.4, -0.2) is 74.0 Å². The molecule has 0 bridgehead atoms. The number of likely N-dealkylation sites (N-methyl/N-ethyl adjacent to an activating group) is 1. The van der Waals surface area contributed by atoms with Gasteiger partial charge in [0.25, 0.3) is 0 Å². The van der Waals surface area contributed by atoms with Crippen molar-refractivity contribution in [3.05, 3.63) is 36.0 Å². The number of carbonyl (C=O) groups excluding carboxylic acids is 2. The number of para-hydroxylation sites is 1. The summed E-state index contributed by atoms with van der Waals surface area (Å²) in [5.74, 6) is -0.441. The van der Waals surface area contributed by atoms with Gasteiger partial charge in [0.2, 0.25) is 6.79 Å². The summed E-state index contributed by atoms with van der Waals surface area (Å²) >= 11 is 0. The Morgan fingerprint density at radius 1 is 1.19 bits per heavy atom. The third-order valence-corrected chi connectivity index (χ3v) is 4.60. The van der Waals surface area contributed by atoms with Gasteiger partial charge in [-0.05, 0) is 39.2 Å². The molecule has 7 nitrogen and oxygen atoms in total. The van der Waals surface area contributed by atoms with Gasteiger partial charge < -0.3 is 19.3 Å². The van der Waals surface area contributed by atoms with E-state index in [-0.39, 0.29) is 18.7 Å². The van der Waals surface area contributed by atoms with Gasteiger partial charge in [-0.3, -0.25) is 9.36 Å². The van der Waals surface area contributed by atoms with Crippen molar-refractivity contribution in [2.75, 3.05) is 47.6 Å². The fourth-order valence-corrected chi connectivity index (χ4v) is 3.12. The van der Waals surface area contributed by atoms with Crippen LogP contribution in [0.4, 0.5) is 4.79 Å². The lowest BCUT2D eigenvalue weighted by atomic mass is 10.0. The summed E-state index contributed by atoms with van der Waals surface area (Å²) < 4.78 is 11.7. The summed E-state index contributed by atoms with van der Waals surface area (Å²) in [7, 11) is 5.97. The molecule has 0 amide bonds. The molecule has 1 aromatic carbocycles. The molecular weight excluding hydrogens is 334 g/mol. The number of hydrogen-bond acceptors (Lipinski definition) is 6. The van der Waals surface area contributed by atoms with Crippen LogP contribution < -0.4 is 0 Å². The van der Waals surface area contributed by atoms with Crippen LogP contribution >= 0.6 is 0 Å². The van der Waals surface area contributed by atoms with E-state index in [0.717, 1.165) is 29.4 Å².